The number of benzene rings is 2. The summed E-state index contributed by atoms with van der Waals surface area (Å²) < 4.78 is 18.9. The predicted octanol–water partition coefficient (Wildman–Crippen LogP) is 2.91. The van der Waals surface area contributed by atoms with E-state index in [1.165, 1.54) is 6.07 Å². The highest BCUT2D eigenvalue weighted by Gasteiger charge is 2.23. The van der Waals surface area contributed by atoms with Crippen molar-refractivity contribution in [3.8, 4) is 0 Å². The second kappa shape index (κ2) is 8.86. The van der Waals surface area contributed by atoms with Crippen molar-refractivity contribution in [2.45, 2.75) is 6.42 Å². The molecule has 0 bridgehead atoms. The van der Waals surface area contributed by atoms with Crippen LogP contribution in [0.25, 0.3) is 0 Å². The minimum Gasteiger partial charge on any atom is -0.455 e. The molecule has 2 aromatic carbocycles. The van der Waals surface area contributed by atoms with E-state index in [-0.39, 0.29) is 24.8 Å². The highest BCUT2D eigenvalue weighted by molar-refractivity contribution is 6.31. The first-order valence-electron chi connectivity index (χ1n) is 8.71. The minimum atomic E-state index is -0.499. The smallest absolute Gasteiger partial charge is 0.310 e. The van der Waals surface area contributed by atoms with Crippen LogP contribution in [0.5, 0.6) is 0 Å². The van der Waals surface area contributed by atoms with Crippen LogP contribution >= 0.6 is 11.6 Å². The molecule has 0 radical (unpaired) electrons. The van der Waals surface area contributed by atoms with E-state index in [0.717, 1.165) is 0 Å². The van der Waals surface area contributed by atoms with E-state index in [9.17, 15) is 14.0 Å². The second-order valence-corrected chi connectivity index (χ2v) is 6.66. The molecule has 0 aromatic heterocycles. The third kappa shape index (κ3) is 4.98. The fourth-order valence-corrected chi connectivity index (χ4v) is 3.19. The number of hydrogen-bond acceptors (Lipinski definition) is 4. The Kier molecular flexibility index (Phi) is 6.29. The molecule has 7 heteroatoms. The number of carbonyl (C=O) groups excluding carboxylic acids is 2. The van der Waals surface area contributed by atoms with E-state index < -0.39 is 5.97 Å². The van der Waals surface area contributed by atoms with Crippen LogP contribution in [0.1, 0.15) is 5.56 Å². The van der Waals surface area contributed by atoms with Gasteiger partial charge in [0.15, 0.2) is 6.61 Å². The van der Waals surface area contributed by atoms with Gasteiger partial charge in [0.05, 0.1) is 12.1 Å². The quantitative estimate of drug-likeness (QED) is 0.737. The van der Waals surface area contributed by atoms with Crippen LogP contribution < -0.4 is 4.90 Å². The Morgan fingerprint density at radius 2 is 1.67 bits per heavy atom. The summed E-state index contributed by atoms with van der Waals surface area (Å²) in [6.45, 7) is 1.66. The van der Waals surface area contributed by atoms with E-state index in [4.69, 9.17) is 16.3 Å². The Bertz CT molecular complexity index is 822. The Morgan fingerprint density at radius 3 is 2.37 bits per heavy atom. The predicted molar refractivity (Wildman–Crippen MR) is 101 cm³/mol. The summed E-state index contributed by atoms with van der Waals surface area (Å²) >= 11 is 6.01. The maximum Gasteiger partial charge on any atom is 0.310 e. The molecule has 2 aromatic rings. The number of nitrogens with zero attached hydrogens (tertiary/aromatic N) is 2. The van der Waals surface area contributed by atoms with Gasteiger partial charge < -0.3 is 14.5 Å². The highest BCUT2D eigenvalue weighted by Crippen LogP contribution is 2.20. The number of halogens is 2. The van der Waals surface area contributed by atoms with Crippen molar-refractivity contribution in [2.75, 3.05) is 37.7 Å². The zero-order chi connectivity index (χ0) is 19.2. The molecule has 27 heavy (non-hydrogen) atoms. The average molecular weight is 391 g/mol. The summed E-state index contributed by atoms with van der Waals surface area (Å²) in [7, 11) is 0. The van der Waals surface area contributed by atoms with E-state index in [2.05, 4.69) is 0 Å². The number of para-hydroxylation sites is 1. The maximum absolute atomic E-state index is 13.9. The molecule has 0 N–H and O–H groups in total. The van der Waals surface area contributed by atoms with Gasteiger partial charge in [-0.15, -0.1) is 0 Å². The van der Waals surface area contributed by atoms with Crippen molar-refractivity contribution in [1.82, 2.24) is 4.90 Å². The number of carbonyl (C=O) groups is 2. The lowest BCUT2D eigenvalue weighted by Gasteiger charge is -2.36. The van der Waals surface area contributed by atoms with Gasteiger partial charge in [0.25, 0.3) is 5.91 Å². The van der Waals surface area contributed by atoms with E-state index in [1.54, 1.807) is 47.4 Å². The third-order valence-corrected chi connectivity index (χ3v) is 4.84. The lowest BCUT2D eigenvalue weighted by molar-refractivity contribution is -0.151. The van der Waals surface area contributed by atoms with Gasteiger partial charge in [-0.1, -0.05) is 41.9 Å². The van der Waals surface area contributed by atoms with Gasteiger partial charge >= 0.3 is 5.97 Å². The van der Waals surface area contributed by atoms with Crippen LogP contribution in [0.3, 0.4) is 0 Å². The number of amides is 1. The van der Waals surface area contributed by atoms with Crippen molar-refractivity contribution < 1.29 is 18.7 Å². The van der Waals surface area contributed by atoms with E-state index in [0.29, 0.717) is 42.5 Å². The van der Waals surface area contributed by atoms with Crippen LogP contribution in [0.15, 0.2) is 48.5 Å². The van der Waals surface area contributed by atoms with Crippen molar-refractivity contribution >= 4 is 29.2 Å². The third-order valence-electron chi connectivity index (χ3n) is 4.47. The van der Waals surface area contributed by atoms with Crippen molar-refractivity contribution in [2.24, 2.45) is 0 Å². The molecule has 0 atom stereocenters. The van der Waals surface area contributed by atoms with E-state index >= 15 is 0 Å². The van der Waals surface area contributed by atoms with Gasteiger partial charge in [-0.2, -0.15) is 0 Å². The molecule has 5 nitrogen and oxygen atoms in total. The number of anilines is 1. The molecule has 0 unspecified atom stereocenters. The Morgan fingerprint density at radius 1 is 1.00 bits per heavy atom. The van der Waals surface area contributed by atoms with Crippen LogP contribution in [-0.4, -0.2) is 49.6 Å². The molecule has 1 aliphatic heterocycles. The van der Waals surface area contributed by atoms with Crippen LogP contribution in [0.2, 0.25) is 5.02 Å². The number of esters is 1. The Balaban J connectivity index is 1.45. The Hall–Kier alpha value is -2.60. The number of ether oxygens (including phenoxy) is 1. The van der Waals surface area contributed by atoms with Crippen LogP contribution in [-0.2, 0) is 20.7 Å². The van der Waals surface area contributed by atoms with Gasteiger partial charge in [0.1, 0.15) is 5.82 Å². The van der Waals surface area contributed by atoms with Crippen molar-refractivity contribution in [3.05, 3.63) is 64.9 Å². The van der Waals surface area contributed by atoms with Gasteiger partial charge in [-0.25, -0.2) is 4.39 Å². The number of hydrogen-bond donors (Lipinski definition) is 0. The molecule has 3 rings (SSSR count). The zero-order valence-electron chi connectivity index (χ0n) is 14.7. The summed E-state index contributed by atoms with van der Waals surface area (Å²) in [5.41, 5.74) is 1.20. The van der Waals surface area contributed by atoms with Gasteiger partial charge in [-0.05, 0) is 23.8 Å². The minimum absolute atomic E-state index is 0.0218. The molecular weight excluding hydrogens is 371 g/mol. The summed E-state index contributed by atoms with van der Waals surface area (Å²) in [5.74, 6) is -1.03. The average Bonchev–Trinajstić information content (AvgIpc) is 2.68. The lowest BCUT2D eigenvalue weighted by Crippen LogP contribution is -2.50. The molecular formula is C20H20ClFN2O3. The monoisotopic (exact) mass is 390 g/mol. The molecule has 1 amide bonds. The highest BCUT2D eigenvalue weighted by atomic mass is 35.5. The lowest BCUT2D eigenvalue weighted by atomic mass is 10.1. The molecule has 0 aliphatic carbocycles. The van der Waals surface area contributed by atoms with Crippen LogP contribution in [0, 0.1) is 5.82 Å². The first-order valence-corrected chi connectivity index (χ1v) is 9.08. The maximum atomic E-state index is 13.9. The second-order valence-electron chi connectivity index (χ2n) is 6.25. The normalized spacial score (nSPS) is 14.1. The number of rotatable bonds is 5. The largest absolute Gasteiger partial charge is 0.455 e. The number of piperazine rings is 1. The fourth-order valence-electron chi connectivity index (χ4n) is 2.99. The van der Waals surface area contributed by atoms with Gasteiger partial charge in [0.2, 0.25) is 0 Å². The van der Waals surface area contributed by atoms with Gasteiger partial charge in [-0.3, -0.25) is 9.59 Å². The topological polar surface area (TPSA) is 49.9 Å². The van der Waals surface area contributed by atoms with Crippen molar-refractivity contribution in [1.29, 1.82) is 0 Å². The molecule has 1 aliphatic rings. The molecule has 0 spiro atoms. The summed E-state index contributed by atoms with van der Waals surface area (Å²) in [6.07, 6.45) is 0.0218. The van der Waals surface area contributed by atoms with Crippen molar-refractivity contribution in [3.63, 3.8) is 0 Å². The van der Waals surface area contributed by atoms with Gasteiger partial charge in [0, 0.05) is 31.2 Å². The summed E-state index contributed by atoms with van der Waals surface area (Å²) in [6, 6.07) is 13.6. The Labute approximate surface area is 162 Å². The van der Waals surface area contributed by atoms with Crippen LogP contribution in [0.4, 0.5) is 10.1 Å². The first-order chi connectivity index (χ1) is 13.0. The molecule has 0 saturated carbocycles. The molecule has 1 saturated heterocycles. The van der Waals surface area contributed by atoms with E-state index in [1.807, 2.05) is 4.90 Å². The molecule has 1 fully saturated rings. The molecule has 1 heterocycles. The summed E-state index contributed by atoms with van der Waals surface area (Å²) in [5, 5.41) is 0.491. The first kappa shape index (κ1) is 19.2. The summed E-state index contributed by atoms with van der Waals surface area (Å²) in [4.78, 5) is 27.7. The zero-order valence-corrected chi connectivity index (χ0v) is 15.5. The molecule has 142 valence electrons. The SMILES string of the molecule is O=C(Cc1ccccc1Cl)OCC(=O)N1CCN(c2ccccc2F)CC1. The fraction of sp³-hybridized carbons (Fsp3) is 0.300. The standard InChI is InChI=1S/C20H20ClFN2O3/c21-16-6-2-1-5-15(16)13-20(26)27-14-19(25)24-11-9-23(10-12-24)18-8-4-3-7-17(18)22/h1-8H,9-14H2.